The van der Waals surface area contributed by atoms with Crippen molar-refractivity contribution in [1.29, 1.82) is 0 Å². The van der Waals surface area contributed by atoms with Crippen LogP contribution in [0.25, 0.3) is 0 Å². The van der Waals surface area contributed by atoms with Crippen molar-refractivity contribution < 1.29 is 9.90 Å². The fourth-order valence-corrected chi connectivity index (χ4v) is 4.46. The van der Waals surface area contributed by atoms with Crippen LogP contribution in [0.4, 0.5) is 0 Å². The summed E-state index contributed by atoms with van der Waals surface area (Å²) in [5, 5.41) is 10.4. The van der Waals surface area contributed by atoms with Gasteiger partial charge in [0.25, 0.3) is 0 Å². The van der Waals surface area contributed by atoms with E-state index in [-0.39, 0.29) is 11.5 Å². The SMILES string of the molecule is Cc1nc(CN2CC(C(=O)O)CCC23CCC3)sc1C. The molecule has 1 aliphatic carbocycles. The minimum Gasteiger partial charge on any atom is -0.481 e. The number of carboxylic acid groups (broad SMARTS) is 1. The molecule has 3 rings (SSSR count). The van der Waals surface area contributed by atoms with Gasteiger partial charge in [0.2, 0.25) is 0 Å². The lowest BCUT2D eigenvalue weighted by molar-refractivity contribution is -0.147. The van der Waals surface area contributed by atoms with Gasteiger partial charge >= 0.3 is 5.97 Å². The zero-order valence-electron chi connectivity index (χ0n) is 12.2. The minimum absolute atomic E-state index is 0.205. The molecule has 1 saturated heterocycles. The predicted octanol–water partition coefficient (Wildman–Crippen LogP) is 2.98. The fourth-order valence-electron chi connectivity index (χ4n) is 3.51. The smallest absolute Gasteiger partial charge is 0.307 e. The summed E-state index contributed by atoms with van der Waals surface area (Å²) in [5.41, 5.74) is 1.39. The van der Waals surface area contributed by atoms with Crippen LogP contribution in [-0.4, -0.2) is 33.0 Å². The van der Waals surface area contributed by atoms with E-state index in [1.54, 1.807) is 11.3 Å². The van der Waals surface area contributed by atoms with E-state index < -0.39 is 5.97 Å². The average molecular weight is 294 g/mol. The maximum atomic E-state index is 11.3. The van der Waals surface area contributed by atoms with Crippen molar-refractivity contribution in [3.8, 4) is 0 Å². The molecular weight excluding hydrogens is 272 g/mol. The molecule has 2 heterocycles. The molecule has 0 aromatic carbocycles. The Labute approximate surface area is 123 Å². The second kappa shape index (κ2) is 5.11. The summed E-state index contributed by atoms with van der Waals surface area (Å²) < 4.78 is 0. The molecule has 0 amide bonds. The molecule has 1 saturated carbocycles. The van der Waals surface area contributed by atoms with Gasteiger partial charge in [-0.15, -0.1) is 11.3 Å². The fraction of sp³-hybridized carbons (Fsp3) is 0.733. The lowest BCUT2D eigenvalue weighted by atomic mass is 9.68. The van der Waals surface area contributed by atoms with Crippen LogP contribution in [0.1, 0.15) is 47.7 Å². The van der Waals surface area contributed by atoms with Crippen molar-refractivity contribution in [2.45, 2.75) is 58.0 Å². The van der Waals surface area contributed by atoms with Gasteiger partial charge in [0, 0.05) is 17.0 Å². The summed E-state index contributed by atoms with van der Waals surface area (Å²) in [6.07, 6.45) is 5.60. The first-order valence-electron chi connectivity index (χ1n) is 7.41. The molecule has 1 aliphatic heterocycles. The minimum atomic E-state index is -0.643. The zero-order chi connectivity index (χ0) is 14.3. The summed E-state index contributed by atoms with van der Waals surface area (Å²) in [4.78, 5) is 19.6. The summed E-state index contributed by atoms with van der Waals surface area (Å²) in [6.45, 7) is 5.66. The number of carbonyl (C=O) groups is 1. The van der Waals surface area contributed by atoms with E-state index in [1.165, 1.54) is 24.1 Å². The van der Waals surface area contributed by atoms with Crippen LogP contribution in [0, 0.1) is 19.8 Å². The molecule has 0 radical (unpaired) electrons. The predicted molar refractivity (Wildman–Crippen MR) is 78.9 cm³/mol. The zero-order valence-corrected chi connectivity index (χ0v) is 13.0. The Balaban J connectivity index is 1.77. The normalized spacial score (nSPS) is 25.6. The van der Waals surface area contributed by atoms with Gasteiger partial charge in [-0.2, -0.15) is 0 Å². The van der Waals surface area contributed by atoms with E-state index in [4.69, 9.17) is 0 Å². The van der Waals surface area contributed by atoms with E-state index in [0.29, 0.717) is 6.54 Å². The van der Waals surface area contributed by atoms with Crippen LogP contribution in [-0.2, 0) is 11.3 Å². The van der Waals surface area contributed by atoms with Crippen molar-refractivity contribution in [1.82, 2.24) is 9.88 Å². The lowest BCUT2D eigenvalue weighted by Crippen LogP contribution is -2.58. The lowest BCUT2D eigenvalue weighted by Gasteiger charge is -2.54. The number of aliphatic carboxylic acids is 1. The Bertz CT molecular complexity index is 502. The van der Waals surface area contributed by atoms with E-state index in [9.17, 15) is 9.90 Å². The molecule has 5 heteroatoms. The van der Waals surface area contributed by atoms with Crippen molar-refractivity contribution in [3.63, 3.8) is 0 Å². The molecule has 0 bridgehead atoms. The van der Waals surface area contributed by atoms with Crippen LogP contribution in [0.3, 0.4) is 0 Å². The van der Waals surface area contributed by atoms with Gasteiger partial charge in [0.1, 0.15) is 5.01 Å². The number of aryl methyl sites for hydroxylation is 2. The Morgan fingerprint density at radius 2 is 2.20 bits per heavy atom. The van der Waals surface area contributed by atoms with Crippen LogP contribution in [0.5, 0.6) is 0 Å². The third-order valence-electron chi connectivity index (χ3n) is 5.10. The molecular formula is C15H22N2O2S. The highest BCUT2D eigenvalue weighted by atomic mass is 32.1. The van der Waals surface area contributed by atoms with Crippen molar-refractivity contribution in [3.05, 3.63) is 15.6 Å². The number of piperidine rings is 1. The number of carboxylic acids is 1. The molecule has 2 aliphatic rings. The van der Waals surface area contributed by atoms with Gasteiger partial charge in [-0.25, -0.2) is 4.98 Å². The quantitative estimate of drug-likeness (QED) is 0.931. The third-order valence-corrected chi connectivity index (χ3v) is 6.16. The van der Waals surface area contributed by atoms with Gasteiger partial charge in [-0.3, -0.25) is 9.69 Å². The Hall–Kier alpha value is -0.940. The summed E-state index contributed by atoms with van der Waals surface area (Å²) in [5.74, 6) is -0.848. The highest BCUT2D eigenvalue weighted by Crippen LogP contribution is 2.46. The maximum absolute atomic E-state index is 11.3. The Kier molecular flexibility index (Phi) is 3.58. The number of thiazole rings is 1. The van der Waals surface area contributed by atoms with Crippen LogP contribution in [0.2, 0.25) is 0 Å². The monoisotopic (exact) mass is 294 g/mol. The van der Waals surface area contributed by atoms with E-state index in [0.717, 1.165) is 30.1 Å². The number of hydrogen-bond acceptors (Lipinski definition) is 4. The first-order valence-corrected chi connectivity index (χ1v) is 8.23. The van der Waals surface area contributed by atoms with Gasteiger partial charge in [-0.1, -0.05) is 0 Å². The topological polar surface area (TPSA) is 53.4 Å². The average Bonchev–Trinajstić information content (AvgIpc) is 2.66. The van der Waals surface area contributed by atoms with Crippen LogP contribution >= 0.6 is 11.3 Å². The summed E-state index contributed by atoms with van der Waals surface area (Å²) in [6, 6.07) is 0. The summed E-state index contributed by atoms with van der Waals surface area (Å²) >= 11 is 1.75. The molecule has 2 fully saturated rings. The third kappa shape index (κ3) is 2.37. The molecule has 1 N–H and O–H groups in total. The molecule has 1 atom stereocenters. The van der Waals surface area contributed by atoms with Gasteiger partial charge in [0.15, 0.2) is 0 Å². The van der Waals surface area contributed by atoms with E-state index in [2.05, 4.69) is 16.8 Å². The Morgan fingerprint density at radius 1 is 1.45 bits per heavy atom. The number of hydrogen-bond donors (Lipinski definition) is 1. The number of rotatable bonds is 3. The Morgan fingerprint density at radius 3 is 2.70 bits per heavy atom. The number of likely N-dealkylation sites (tertiary alicyclic amines) is 1. The number of aromatic nitrogens is 1. The molecule has 1 aromatic rings. The molecule has 110 valence electrons. The first kappa shape index (κ1) is 14.0. The standard InChI is InChI=1S/C15H22N2O2S/c1-10-11(2)20-13(16-10)9-17-8-12(14(18)19)4-7-15(17)5-3-6-15/h12H,3-9H2,1-2H3,(H,18,19). The highest BCUT2D eigenvalue weighted by Gasteiger charge is 2.47. The maximum Gasteiger partial charge on any atom is 0.307 e. The van der Waals surface area contributed by atoms with Crippen molar-refractivity contribution in [2.75, 3.05) is 6.54 Å². The second-order valence-electron chi connectivity index (χ2n) is 6.28. The van der Waals surface area contributed by atoms with Gasteiger partial charge in [-0.05, 0) is 46.0 Å². The van der Waals surface area contributed by atoms with E-state index >= 15 is 0 Å². The highest BCUT2D eigenvalue weighted by molar-refractivity contribution is 7.11. The number of nitrogens with zero attached hydrogens (tertiary/aromatic N) is 2. The van der Waals surface area contributed by atoms with E-state index in [1.807, 2.05) is 6.92 Å². The largest absolute Gasteiger partial charge is 0.481 e. The van der Waals surface area contributed by atoms with Crippen molar-refractivity contribution >= 4 is 17.3 Å². The summed E-state index contributed by atoms with van der Waals surface area (Å²) in [7, 11) is 0. The van der Waals surface area contributed by atoms with Crippen molar-refractivity contribution in [2.24, 2.45) is 5.92 Å². The molecule has 20 heavy (non-hydrogen) atoms. The van der Waals surface area contributed by atoms with Gasteiger partial charge < -0.3 is 5.11 Å². The molecule has 1 spiro atoms. The molecule has 1 unspecified atom stereocenters. The molecule has 4 nitrogen and oxygen atoms in total. The van der Waals surface area contributed by atoms with Gasteiger partial charge in [0.05, 0.1) is 18.2 Å². The first-order chi connectivity index (χ1) is 9.50. The van der Waals surface area contributed by atoms with Crippen LogP contribution < -0.4 is 0 Å². The molecule has 1 aromatic heterocycles. The van der Waals surface area contributed by atoms with Crippen LogP contribution in [0.15, 0.2) is 0 Å². The second-order valence-corrected chi connectivity index (χ2v) is 7.57.